The second kappa shape index (κ2) is 5.97. The van der Waals surface area contributed by atoms with E-state index in [-0.39, 0.29) is 0 Å². The van der Waals surface area contributed by atoms with Gasteiger partial charge in [-0.25, -0.2) is 8.78 Å². The molecule has 0 amide bonds. The lowest BCUT2D eigenvalue weighted by Gasteiger charge is -2.21. The molecule has 0 aliphatic heterocycles. The lowest BCUT2D eigenvalue weighted by atomic mass is 9.84. The Kier molecular flexibility index (Phi) is 4.46. The number of halogens is 2. The molecule has 2 rings (SSSR count). The molecule has 21 heavy (non-hydrogen) atoms. The highest BCUT2D eigenvalue weighted by molar-refractivity contribution is 5.67. The van der Waals surface area contributed by atoms with Crippen LogP contribution in [0.3, 0.4) is 0 Å². The summed E-state index contributed by atoms with van der Waals surface area (Å²) < 4.78 is 27.1. The van der Waals surface area contributed by atoms with E-state index in [0.717, 1.165) is 17.2 Å². The molecule has 0 nitrogen and oxygen atoms in total. The van der Waals surface area contributed by atoms with Crippen molar-refractivity contribution in [3.8, 4) is 11.1 Å². The second-order valence-corrected chi connectivity index (χ2v) is 6.23. The van der Waals surface area contributed by atoms with Crippen molar-refractivity contribution >= 4 is 0 Å². The Bertz CT molecular complexity index is 655. The zero-order valence-electron chi connectivity index (χ0n) is 13.3. The summed E-state index contributed by atoms with van der Waals surface area (Å²) in [7, 11) is 0. The molecule has 0 fully saturated rings. The van der Waals surface area contributed by atoms with Gasteiger partial charge in [0.2, 0.25) is 0 Å². The molecule has 0 spiro atoms. The molecule has 112 valence electrons. The Morgan fingerprint density at radius 2 is 1.52 bits per heavy atom. The summed E-state index contributed by atoms with van der Waals surface area (Å²) in [5, 5.41) is 0. The van der Waals surface area contributed by atoms with Crippen LogP contribution in [-0.4, -0.2) is 0 Å². The van der Waals surface area contributed by atoms with Gasteiger partial charge in [-0.15, -0.1) is 0 Å². The van der Waals surface area contributed by atoms with Crippen molar-refractivity contribution in [2.45, 2.75) is 46.5 Å². The number of benzene rings is 2. The molecular formula is C19H22F2. The van der Waals surface area contributed by atoms with Crippen molar-refractivity contribution in [1.82, 2.24) is 0 Å². The number of rotatable bonds is 3. The monoisotopic (exact) mass is 288 g/mol. The van der Waals surface area contributed by atoms with Crippen LogP contribution in [0.25, 0.3) is 11.1 Å². The van der Waals surface area contributed by atoms with Crippen LogP contribution < -0.4 is 0 Å². The summed E-state index contributed by atoms with van der Waals surface area (Å²) in [4.78, 5) is 0. The Balaban J connectivity index is 2.66. The summed E-state index contributed by atoms with van der Waals surface area (Å²) in [5.41, 5.74) is 5.00. The van der Waals surface area contributed by atoms with Gasteiger partial charge in [-0.1, -0.05) is 39.8 Å². The summed E-state index contributed by atoms with van der Waals surface area (Å²) in [6.07, 6.45) is 0. The molecule has 0 saturated heterocycles. The van der Waals surface area contributed by atoms with Crippen molar-refractivity contribution in [2.24, 2.45) is 0 Å². The van der Waals surface area contributed by atoms with Gasteiger partial charge in [-0.2, -0.15) is 0 Å². The molecular weight excluding hydrogens is 266 g/mol. The van der Waals surface area contributed by atoms with E-state index in [1.54, 1.807) is 0 Å². The summed E-state index contributed by atoms with van der Waals surface area (Å²) >= 11 is 0. The smallest absolute Gasteiger partial charge is 0.133 e. The van der Waals surface area contributed by atoms with Crippen molar-refractivity contribution in [3.63, 3.8) is 0 Å². The Hall–Kier alpha value is -1.70. The number of hydrogen-bond acceptors (Lipinski definition) is 0. The molecule has 0 radical (unpaired) electrons. The Labute approximate surface area is 125 Å². The molecule has 0 bridgehead atoms. The lowest BCUT2D eigenvalue weighted by molar-refractivity contribution is 0.585. The molecule has 2 aromatic rings. The van der Waals surface area contributed by atoms with Gasteiger partial charge >= 0.3 is 0 Å². The summed E-state index contributed by atoms with van der Waals surface area (Å²) in [6.45, 7) is 10.7. The Morgan fingerprint density at radius 1 is 0.857 bits per heavy atom. The van der Waals surface area contributed by atoms with E-state index in [0.29, 0.717) is 17.4 Å². The minimum Gasteiger partial charge on any atom is -0.207 e. The van der Waals surface area contributed by atoms with Crippen LogP contribution in [-0.2, 0) is 0 Å². The van der Waals surface area contributed by atoms with E-state index in [4.69, 9.17) is 0 Å². The maximum atomic E-state index is 14.0. The third-order valence-corrected chi connectivity index (χ3v) is 3.86. The SMILES string of the molecule is Cc1cc(-c2ccc(F)cc2F)cc(C(C)C)c1C(C)C. The topological polar surface area (TPSA) is 0 Å². The highest BCUT2D eigenvalue weighted by atomic mass is 19.1. The number of hydrogen-bond donors (Lipinski definition) is 0. The summed E-state index contributed by atoms with van der Waals surface area (Å²) in [5.74, 6) is -0.267. The third-order valence-electron chi connectivity index (χ3n) is 3.86. The predicted octanol–water partition coefficient (Wildman–Crippen LogP) is 6.19. The first-order chi connectivity index (χ1) is 9.81. The van der Waals surface area contributed by atoms with Crippen LogP contribution in [0.5, 0.6) is 0 Å². The first kappa shape index (κ1) is 15.7. The fourth-order valence-electron chi connectivity index (χ4n) is 2.97. The van der Waals surface area contributed by atoms with E-state index >= 15 is 0 Å². The molecule has 2 aromatic carbocycles. The van der Waals surface area contributed by atoms with Crippen molar-refractivity contribution in [2.75, 3.05) is 0 Å². The van der Waals surface area contributed by atoms with Crippen LogP contribution in [0.4, 0.5) is 8.78 Å². The van der Waals surface area contributed by atoms with Crippen LogP contribution in [0, 0.1) is 18.6 Å². The van der Waals surface area contributed by atoms with E-state index in [9.17, 15) is 8.78 Å². The van der Waals surface area contributed by atoms with E-state index in [2.05, 4.69) is 34.6 Å². The van der Waals surface area contributed by atoms with Crippen LogP contribution in [0.15, 0.2) is 30.3 Å². The molecule has 0 aliphatic rings. The minimum absolute atomic E-state index is 0.365. The van der Waals surface area contributed by atoms with Gasteiger partial charge in [-0.05, 0) is 53.1 Å². The predicted molar refractivity (Wildman–Crippen MR) is 84.7 cm³/mol. The van der Waals surface area contributed by atoms with Gasteiger partial charge in [0, 0.05) is 11.6 Å². The average molecular weight is 288 g/mol. The molecule has 0 saturated carbocycles. The number of aryl methyl sites for hydroxylation is 1. The Morgan fingerprint density at radius 3 is 2.05 bits per heavy atom. The highest BCUT2D eigenvalue weighted by Crippen LogP contribution is 2.34. The van der Waals surface area contributed by atoms with Gasteiger partial charge in [0.15, 0.2) is 0 Å². The van der Waals surface area contributed by atoms with Gasteiger partial charge < -0.3 is 0 Å². The maximum Gasteiger partial charge on any atom is 0.133 e. The highest BCUT2D eigenvalue weighted by Gasteiger charge is 2.16. The first-order valence-corrected chi connectivity index (χ1v) is 7.41. The maximum absolute atomic E-state index is 14.0. The van der Waals surface area contributed by atoms with Gasteiger partial charge in [0.1, 0.15) is 11.6 Å². The minimum atomic E-state index is -0.546. The van der Waals surface area contributed by atoms with Crippen molar-refractivity contribution in [3.05, 3.63) is 58.7 Å². The van der Waals surface area contributed by atoms with Crippen molar-refractivity contribution < 1.29 is 8.78 Å². The standard InChI is InChI=1S/C19H22F2/c1-11(2)17-9-14(8-13(5)19(17)12(3)4)16-7-6-15(20)10-18(16)21/h6-12H,1-5H3. The zero-order chi connectivity index (χ0) is 15.7. The van der Waals surface area contributed by atoms with Crippen LogP contribution >= 0.6 is 0 Å². The quantitative estimate of drug-likeness (QED) is 0.632. The molecule has 0 unspecified atom stereocenters. The molecule has 0 heterocycles. The van der Waals surface area contributed by atoms with Crippen molar-refractivity contribution in [1.29, 1.82) is 0 Å². The largest absolute Gasteiger partial charge is 0.207 e. The average Bonchev–Trinajstić information content (AvgIpc) is 2.36. The van der Waals surface area contributed by atoms with E-state index < -0.39 is 11.6 Å². The first-order valence-electron chi connectivity index (χ1n) is 7.41. The molecule has 2 heteroatoms. The van der Waals surface area contributed by atoms with Crippen LogP contribution in [0.1, 0.15) is 56.2 Å². The van der Waals surface area contributed by atoms with Gasteiger partial charge in [0.05, 0.1) is 0 Å². The summed E-state index contributed by atoms with van der Waals surface area (Å²) in [6, 6.07) is 7.80. The zero-order valence-corrected chi connectivity index (χ0v) is 13.3. The van der Waals surface area contributed by atoms with Gasteiger partial charge in [0.25, 0.3) is 0 Å². The molecule has 0 N–H and O–H groups in total. The van der Waals surface area contributed by atoms with E-state index in [1.165, 1.54) is 23.3 Å². The van der Waals surface area contributed by atoms with Crippen LogP contribution in [0.2, 0.25) is 0 Å². The second-order valence-electron chi connectivity index (χ2n) is 6.23. The van der Waals surface area contributed by atoms with E-state index in [1.807, 2.05) is 12.1 Å². The molecule has 0 aliphatic carbocycles. The fourth-order valence-corrected chi connectivity index (χ4v) is 2.97. The molecule has 0 atom stereocenters. The van der Waals surface area contributed by atoms with Gasteiger partial charge in [-0.3, -0.25) is 0 Å². The fraction of sp³-hybridized carbons (Fsp3) is 0.368. The normalized spacial score (nSPS) is 11.5. The lowest BCUT2D eigenvalue weighted by Crippen LogP contribution is -2.03. The third kappa shape index (κ3) is 3.15. The molecule has 0 aromatic heterocycles.